The Balaban J connectivity index is 2.26. The van der Waals surface area contributed by atoms with Gasteiger partial charge in [-0.15, -0.1) is 0 Å². The number of esters is 1. The fourth-order valence-electron chi connectivity index (χ4n) is 2.44. The normalized spacial score (nSPS) is 21.9. The summed E-state index contributed by atoms with van der Waals surface area (Å²) in [7, 11) is 1.28. The van der Waals surface area contributed by atoms with Gasteiger partial charge >= 0.3 is 5.97 Å². The molecule has 0 radical (unpaired) electrons. The molecule has 1 heterocycles. The highest BCUT2D eigenvalue weighted by atomic mass is 16.5. The van der Waals surface area contributed by atoms with E-state index >= 15 is 0 Å². The first-order valence-electron chi connectivity index (χ1n) is 6.58. The number of hydrogen-bond acceptors (Lipinski definition) is 4. The highest BCUT2D eigenvalue weighted by molar-refractivity contribution is 5.97. The Hall–Kier alpha value is -1.88. The minimum Gasteiger partial charge on any atom is -0.467 e. The largest absolute Gasteiger partial charge is 0.467 e. The van der Waals surface area contributed by atoms with Crippen molar-refractivity contribution in [2.75, 3.05) is 13.7 Å². The molecule has 1 aliphatic rings. The fourth-order valence-corrected chi connectivity index (χ4v) is 2.44. The van der Waals surface area contributed by atoms with E-state index in [-0.39, 0.29) is 18.9 Å². The van der Waals surface area contributed by atoms with Crippen LogP contribution in [0.15, 0.2) is 18.2 Å². The Labute approximate surface area is 118 Å². The highest BCUT2D eigenvalue weighted by Gasteiger charge is 2.39. The average molecular weight is 277 g/mol. The topological polar surface area (TPSA) is 66.8 Å². The second-order valence-electron chi connectivity index (χ2n) is 5.19. The second kappa shape index (κ2) is 5.63. The van der Waals surface area contributed by atoms with Crippen molar-refractivity contribution in [3.8, 4) is 0 Å². The predicted octanol–water partition coefficient (Wildman–Crippen LogP) is 1.05. The van der Waals surface area contributed by atoms with Crippen molar-refractivity contribution in [3.05, 3.63) is 34.9 Å². The summed E-state index contributed by atoms with van der Waals surface area (Å²) >= 11 is 0. The summed E-state index contributed by atoms with van der Waals surface area (Å²) < 4.78 is 4.70. The zero-order valence-electron chi connectivity index (χ0n) is 11.9. The minimum atomic E-state index is -0.705. The Bertz CT molecular complexity index is 541. The third kappa shape index (κ3) is 2.67. The van der Waals surface area contributed by atoms with Gasteiger partial charge in [-0.2, -0.15) is 0 Å². The van der Waals surface area contributed by atoms with E-state index in [2.05, 4.69) is 0 Å². The molecule has 108 valence electrons. The number of carbonyl (C=O) groups excluding carboxylic acids is 2. The molecule has 5 heteroatoms. The Kier molecular flexibility index (Phi) is 4.09. The third-order valence-electron chi connectivity index (χ3n) is 3.77. The number of hydrogen-bond donors (Lipinski definition) is 1. The summed E-state index contributed by atoms with van der Waals surface area (Å²) in [5.74, 6) is -0.737. The van der Waals surface area contributed by atoms with Crippen molar-refractivity contribution in [2.45, 2.75) is 32.4 Å². The molecule has 1 aromatic rings. The molecule has 1 saturated heterocycles. The van der Waals surface area contributed by atoms with Crippen LogP contribution in [0.3, 0.4) is 0 Å². The molecule has 1 amide bonds. The number of methoxy groups -OCH3 is 1. The van der Waals surface area contributed by atoms with E-state index in [0.29, 0.717) is 5.56 Å². The molecule has 0 bridgehead atoms. The van der Waals surface area contributed by atoms with Crippen LogP contribution >= 0.6 is 0 Å². The summed E-state index contributed by atoms with van der Waals surface area (Å²) in [6.07, 6.45) is -0.460. The second-order valence-corrected chi connectivity index (χ2v) is 5.19. The molecule has 1 aromatic carbocycles. The van der Waals surface area contributed by atoms with E-state index in [4.69, 9.17) is 4.74 Å². The summed E-state index contributed by atoms with van der Waals surface area (Å²) in [5.41, 5.74) is 2.65. The van der Waals surface area contributed by atoms with E-state index in [9.17, 15) is 14.7 Å². The molecule has 2 rings (SSSR count). The Morgan fingerprint density at radius 3 is 2.60 bits per heavy atom. The maximum absolute atomic E-state index is 12.5. The highest BCUT2D eigenvalue weighted by Crippen LogP contribution is 2.22. The van der Waals surface area contributed by atoms with Crippen molar-refractivity contribution in [3.63, 3.8) is 0 Å². The van der Waals surface area contributed by atoms with Gasteiger partial charge in [0.25, 0.3) is 5.91 Å². The van der Waals surface area contributed by atoms with Gasteiger partial charge in [0.15, 0.2) is 0 Å². The van der Waals surface area contributed by atoms with Crippen LogP contribution in [0.1, 0.15) is 27.9 Å². The lowest BCUT2D eigenvalue weighted by molar-refractivity contribution is -0.145. The number of aliphatic hydroxyl groups is 1. The SMILES string of the molecule is COC(=O)C1CC(O)CN1C(=O)c1ccc(C)c(C)c1. The lowest BCUT2D eigenvalue weighted by Crippen LogP contribution is -2.41. The smallest absolute Gasteiger partial charge is 0.328 e. The zero-order valence-corrected chi connectivity index (χ0v) is 11.9. The van der Waals surface area contributed by atoms with Gasteiger partial charge in [0, 0.05) is 18.5 Å². The van der Waals surface area contributed by atoms with Gasteiger partial charge in [-0.3, -0.25) is 4.79 Å². The first-order chi connectivity index (χ1) is 9.43. The Morgan fingerprint density at radius 1 is 1.30 bits per heavy atom. The number of aryl methyl sites for hydroxylation is 2. The summed E-state index contributed by atoms with van der Waals surface area (Å²) in [6.45, 7) is 4.06. The average Bonchev–Trinajstić information content (AvgIpc) is 2.82. The van der Waals surface area contributed by atoms with Crippen molar-refractivity contribution in [2.24, 2.45) is 0 Å². The molecule has 1 N–H and O–H groups in total. The van der Waals surface area contributed by atoms with Crippen molar-refractivity contribution < 1.29 is 19.4 Å². The van der Waals surface area contributed by atoms with E-state index in [1.54, 1.807) is 12.1 Å². The van der Waals surface area contributed by atoms with Gasteiger partial charge in [-0.1, -0.05) is 6.07 Å². The van der Waals surface area contributed by atoms with Crippen LogP contribution in [-0.4, -0.2) is 47.7 Å². The number of ether oxygens (including phenoxy) is 1. The van der Waals surface area contributed by atoms with Crippen LogP contribution in [0.2, 0.25) is 0 Å². The molecular weight excluding hydrogens is 258 g/mol. The zero-order chi connectivity index (χ0) is 14.9. The van der Waals surface area contributed by atoms with Gasteiger partial charge in [0.05, 0.1) is 13.2 Å². The summed E-state index contributed by atoms with van der Waals surface area (Å²) in [4.78, 5) is 25.6. The minimum absolute atomic E-state index is 0.158. The Morgan fingerprint density at radius 2 is 2.00 bits per heavy atom. The molecule has 2 atom stereocenters. The van der Waals surface area contributed by atoms with E-state index < -0.39 is 18.1 Å². The predicted molar refractivity (Wildman–Crippen MR) is 73.4 cm³/mol. The lowest BCUT2D eigenvalue weighted by Gasteiger charge is -2.22. The molecule has 0 aliphatic carbocycles. The van der Waals surface area contributed by atoms with Gasteiger partial charge in [0.1, 0.15) is 6.04 Å². The number of amides is 1. The standard InChI is InChI=1S/C15H19NO4/c1-9-4-5-11(6-10(9)2)14(18)16-8-12(17)7-13(16)15(19)20-3/h4-6,12-13,17H,7-8H2,1-3H3. The van der Waals surface area contributed by atoms with Crippen LogP contribution in [-0.2, 0) is 9.53 Å². The number of rotatable bonds is 2. The van der Waals surface area contributed by atoms with Crippen LogP contribution in [0.4, 0.5) is 0 Å². The van der Waals surface area contributed by atoms with Gasteiger partial charge in [-0.05, 0) is 37.1 Å². The maximum atomic E-state index is 12.5. The van der Waals surface area contributed by atoms with E-state index in [1.807, 2.05) is 19.9 Å². The number of β-amino-alcohol motifs (C(OH)–C–C–N with tert-alkyl or cyclic N) is 1. The molecular formula is C15H19NO4. The first-order valence-corrected chi connectivity index (χ1v) is 6.58. The third-order valence-corrected chi connectivity index (χ3v) is 3.77. The van der Waals surface area contributed by atoms with Crippen LogP contribution in [0.25, 0.3) is 0 Å². The number of nitrogens with zero attached hydrogens (tertiary/aromatic N) is 1. The molecule has 5 nitrogen and oxygen atoms in total. The van der Waals surface area contributed by atoms with Crippen molar-refractivity contribution in [1.29, 1.82) is 0 Å². The van der Waals surface area contributed by atoms with E-state index in [0.717, 1.165) is 11.1 Å². The number of likely N-dealkylation sites (tertiary alicyclic amines) is 1. The quantitative estimate of drug-likeness (QED) is 0.821. The molecule has 1 aliphatic heterocycles. The van der Waals surface area contributed by atoms with Gasteiger partial charge < -0.3 is 14.7 Å². The number of aliphatic hydroxyl groups excluding tert-OH is 1. The lowest BCUT2D eigenvalue weighted by atomic mass is 10.1. The molecule has 20 heavy (non-hydrogen) atoms. The van der Waals surface area contributed by atoms with Crippen molar-refractivity contribution >= 4 is 11.9 Å². The van der Waals surface area contributed by atoms with Crippen LogP contribution in [0, 0.1) is 13.8 Å². The van der Waals surface area contributed by atoms with Gasteiger partial charge in [-0.25, -0.2) is 4.79 Å². The maximum Gasteiger partial charge on any atom is 0.328 e. The van der Waals surface area contributed by atoms with Crippen LogP contribution < -0.4 is 0 Å². The number of benzene rings is 1. The molecule has 0 aromatic heterocycles. The first kappa shape index (κ1) is 14.5. The molecule has 1 fully saturated rings. The monoisotopic (exact) mass is 277 g/mol. The molecule has 0 saturated carbocycles. The molecule has 0 spiro atoms. The molecule has 2 unspecified atom stereocenters. The number of carbonyl (C=O) groups is 2. The van der Waals surface area contributed by atoms with Gasteiger partial charge in [0.2, 0.25) is 0 Å². The van der Waals surface area contributed by atoms with Crippen molar-refractivity contribution in [1.82, 2.24) is 4.90 Å². The summed E-state index contributed by atoms with van der Waals surface area (Å²) in [5, 5.41) is 9.71. The summed E-state index contributed by atoms with van der Waals surface area (Å²) in [6, 6.07) is 4.71. The van der Waals surface area contributed by atoms with E-state index in [1.165, 1.54) is 12.0 Å². The van der Waals surface area contributed by atoms with Crippen LogP contribution in [0.5, 0.6) is 0 Å². The fraction of sp³-hybridized carbons (Fsp3) is 0.467.